The topological polar surface area (TPSA) is 55.4 Å². The molecule has 2 aromatic rings. The van der Waals surface area contributed by atoms with Crippen LogP contribution in [0.2, 0.25) is 5.02 Å². The fraction of sp³-hybridized carbons (Fsp3) is 0.429. The minimum Gasteiger partial charge on any atom is -0.465 e. The Kier molecular flexibility index (Phi) is 8.82. The van der Waals surface area contributed by atoms with E-state index in [2.05, 4.69) is 12.2 Å². The van der Waals surface area contributed by atoms with Gasteiger partial charge in [-0.25, -0.2) is 4.79 Å². The van der Waals surface area contributed by atoms with Crippen LogP contribution < -0.4 is 5.32 Å². The number of nitrogens with one attached hydrogen (secondary N) is 1. The van der Waals surface area contributed by atoms with Crippen molar-refractivity contribution in [3.63, 3.8) is 0 Å². The molecule has 146 valence electrons. The molecule has 27 heavy (non-hydrogen) atoms. The van der Waals surface area contributed by atoms with Gasteiger partial charge in [-0.2, -0.15) is 0 Å². The lowest BCUT2D eigenvalue weighted by Gasteiger charge is -2.08. The summed E-state index contributed by atoms with van der Waals surface area (Å²) in [6, 6.07) is 7.23. The Morgan fingerprint density at radius 3 is 2.41 bits per heavy atom. The first-order valence-electron chi connectivity index (χ1n) is 9.32. The Hall–Kier alpha value is -1.85. The smallest absolute Gasteiger partial charge is 0.341 e. The van der Waals surface area contributed by atoms with E-state index in [1.807, 2.05) is 17.5 Å². The summed E-state index contributed by atoms with van der Waals surface area (Å²) >= 11 is 7.28. The van der Waals surface area contributed by atoms with Gasteiger partial charge in [0.2, 0.25) is 5.91 Å². The summed E-state index contributed by atoms with van der Waals surface area (Å²) in [7, 11) is 1.34. The first-order chi connectivity index (χ1) is 13.1. The van der Waals surface area contributed by atoms with Crippen molar-refractivity contribution in [2.75, 3.05) is 12.4 Å². The van der Waals surface area contributed by atoms with Gasteiger partial charge in [0.05, 0.1) is 7.11 Å². The van der Waals surface area contributed by atoms with E-state index in [0.717, 1.165) is 30.4 Å². The lowest BCUT2D eigenvalue weighted by molar-refractivity contribution is -0.116. The summed E-state index contributed by atoms with van der Waals surface area (Å²) in [6.45, 7) is 2.19. The van der Waals surface area contributed by atoms with Gasteiger partial charge in [-0.05, 0) is 24.1 Å². The number of methoxy groups -OCH3 is 1. The highest BCUT2D eigenvalue weighted by Gasteiger charge is 2.22. The molecule has 1 N–H and O–H groups in total. The normalized spacial score (nSPS) is 10.6. The van der Waals surface area contributed by atoms with Crippen molar-refractivity contribution in [3.05, 3.63) is 40.2 Å². The molecule has 0 bridgehead atoms. The molecular weight excluding hydrogens is 382 g/mol. The molecule has 0 spiro atoms. The molecule has 0 atom stereocenters. The molecule has 1 aromatic carbocycles. The Balaban J connectivity index is 2.05. The predicted octanol–water partition coefficient (Wildman–Crippen LogP) is 6.54. The molecule has 0 unspecified atom stereocenters. The highest BCUT2D eigenvalue weighted by Crippen LogP contribution is 2.36. The molecule has 2 rings (SSSR count). The van der Waals surface area contributed by atoms with E-state index < -0.39 is 5.97 Å². The molecule has 6 heteroatoms. The van der Waals surface area contributed by atoms with Crippen molar-refractivity contribution >= 4 is 39.8 Å². The molecule has 0 saturated carbocycles. The van der Waals surface area contributed by atoms with Crippen molar-refractivity contribution in [2.45, 2.75) is 51.9 Å². The maximum atomic E-state index is 12.3. The van der Waals surface area contributed by atoms with Crippen LogP contribution in [0.3, 0.4) is 0 Å². The zero-order valence-corrected chi connectivity index (χ0v) is 17.4. The third-order valence-electron chi connectivity index (χ3n) is 4.35. The van der Waals surface area contributed by atoms with Crippen LogP contribution in [-0.2, 0) is 9.53 Å². The molecule has 1 heterocycles. The predicted molar refractivity (Wildman–Crippen MR) is 113 cm³/mol. The zero-order valence-electron chi connectivity index (χ0n) is 15.8. The molecular formula is C21H26ClNO3S. The maximum Gasteiger partial charge on any atom is 0.341 e. The molecule has 0 saturated heterocycles. The number of amides is 1. The quantitative estimate of drug-likeness (QED) is 0.359. The lowest BCUT2D eigenvalue weighted by Crippen LogP contribution is -2.13. The number of ether oxygens (including phenoxy) is 1. The second-order valence-corrected chi connectivity index (χ2v) is 7.73. The fourth-order valence-corrected chi connectivity index (χ4v) is 3.95. The highest BCUT2D eigenvalue weighted by atomic mass is 35.5. The van der Waals surface area contributed by atoms with E-state index in [1.165, 1.54) is 37.7 Å². The van der Waals surface area contributed by atoms with Crippen LogP contribution >= 0.6 is 22.9 Å². The van der Waals surface area contributed by atoms with Crippen molar-refractivity contribution in [1.29, 1.82) is 0 Å². The van der Waals surface area contributed by atoms with Crippen molar-refractivity contribution < 1.29 is 14.3 Å². The van der Waals surface area contributed by atoms with Gasteiger partial charge in [-0.1, -0.05) is 62.8 Å². The van der Waals surface area contributed by atoms with Crippen molar-refractivity contribution in [2.24, 2.45) is 0 Å². The van der Waals surface area contributed by atoms with Crippen LogP contribution in [0.1, 0.15) is 62.2 Å². The molecule has 0 aliphatic rings. The van der Waals surface area contributed by atoms with Gasteiger partial charge < -0.3 is 10.1 Å². The minimum absolute atomic E-state index is 0.0693. The number of hydrogen-bond acceptors (Lipinski definition) is 4. The summed E-state index contributed by atoms with van der Waals surface area (Å²) in [5.41, 5.74) is 1.98. The second kappa shape index (κ2) is 11.1. The average Bonchev–Trinajstić information content (AvgIpc) is 3.08. The summed E-state index contributed by atoms with van der Waals surface area (Å²) in [5.74, 6) is -0.531. The Bertz CT molecular complexity index is 755. The third-order valence-corrected chi connectivity index (χ3v) is 5.49. The highest BCUT2D eigenvalue weighted by molar-refractivity contribution is 7.15. The first-order valence-corrected chi connectivity index (χ1v) is 10.6. The van der Waals surface area contributed by atoms with Gasteiger partial charge >= 0.3 is 5.97 Å². The molecule has 4 nitrogen and oxygen atoms in total. The van der Waals surface area contributed by atoms with Crippen molar-refractivity contribution in [1.82, 2.24) is 0 Å². The molecule has 1 amide bonds. The first kappa shape index (κ1) is 21.5. The van der Waals surface area contributed by atoms with Crippen LogP contribution in [0.4, 0.5) is 5.00 Å². The molecule has 0 radical (unpaired) electrons. The van der Waals surface area contributed by atoms with E-state index in [1.54, 1.807) is 12.1 Å². The standard InChI is InChI=1S/C21H26ClNO3S/c1-3-4-5-6-7-8-9-18(24)23-20-19(21(25)26-2)17(14-27-20)15-10-12-16(22)13-11-15/h10-14H,3-9H2,1-2H3,(H,23,24). The van der Waals surface area contributed by atoms with E-state index in [-0.39, 0.29) is 5.91 Å². The molecule has 0 fully saturated rings. The SMILES string of the molecule is CCCCCCCCC(=O)Nc1scc(-c2ccc(Cl)cc2)c1C(=O)OC. The average molecular weight is 408 g/mol. The monoisotopic (exact) mass is 407 g/mol. The Labute approximate surface area is 169 Å². The Morgan fingerprint density at radius 2 is 1.74 bits per heavy atom. The largest absolute Gasteiger partial charge is 0.465 e. The van der Waals surface area contributed by atoms with Crippen LogP contribution in [0.25, 0.3) is 11.1 Å². The van der Waals surface area contributed by atoms with Gasteiger partial charge in [0.25, 0.3) is 0 Å². The van der Waals surface area contributed by atoms with Crippen LogP contribution in [-0.4, -0.2) is 19.0 Å². The summed E-state index contributed by atoms with van der Waals surface area (Å²) in [6.07, 6.45) is 7.22. The number of thiophene rings is 1. The summed E-state index contributed by atoms with van der Waals surface area (Å²) in [4.78, 5) is 24.6. The fourth-order valence-electron chi connectivity index (χ4n) is 2.85. The van der Waals surface area contributed by atoms with Gasteiger partial charge in [0.1, 0.15) is 10.6 Å². The van der Waals surface area contributed by atoms with E-state index >= 15 is 0 Å². The Morgan fingerprint density at radius 1 is 1.07 bits per heavy atom. The summed E-state index contributed by atoms with van der Waals surface area (Å²) < 4.78 is 4.93. The number of carbonyl (C=O) groups is 2. The van der Waals surface area contributed by atoms with Gasteiger partial charge in [0, 0.05) is 22.4 Å². The van der Waals surface area contributed by atoms with E-state index in [4.69, 9.17) is 16.3 Å². The van der Waals surface area contributed by atoms with E-state index in [0.29, 0.717) is 22.0 Å². The van der Waals surface area contributed by atoms with Gasteiger partial charge in [0.15, 0.2) is 0 Å². The van der Waals surface area contributed by atoms with Crippen molar-refractivity contribution in [3.8, 4) is 11.1 Å². The molecule has 1 aromatic heterocycles. The van der Waals surface area contributed by atoms with Crippen LogP contribution in [0.5, 0.6) is 0 Å². The molecule has 0 aliphatic carbocycles. The lowest BCUT2D eigenvalue weighted by atomic mass is 10.0. The third kappa shape index (κ3) is 6.36. The van der Waals surface area contributed by atoms with Gasteiger partial charge in [-0.3, -0.25) is 4.79 Å². The zero-order chi connectivity index (χ0) is 19.6. The van der Waals surface area contributed by atoms with E-state index in [9.17, 15) is 9.59 Å². The summed E-state index contributed by atoms with van der Waals surface area (Å²) in [5, 5.41) is 5.90. The van der Waals surface area contributed by atoms with Gasteiger partial charge in [-0.15, -0.1) is 11.3 Å². The number of anilines is 1. The minimum atomic E-state index is -0.462. The number of benzene rings is 1. The van der Waals surface area contributed by atoms with Crippen LogP contribution in [0.15, 0.2) is 29.6 Å². The number of unbranched alkanes of at least 4 members (excludes halogenated alkanes) is 5. The number of hydrogen-bond donors (Lipinski definition) is 1. The number of halogens is 1. The number of rotatable bonds is 10. The maximum absolute atomic E-state index is 12.3. The van der Waals surface area contributed by atoms with Crippen LogP contribution in [0, 0.1) is 0 Å². The number of carbonyl (C=O) groups excluding carboxylic acids is 2. The number of esters is 1. The molecule has 0 aliphatic heterocycles. The second-order valence-electron chi connectivity index (χ2n) is 6.42.